The molecule has 0 unspecified atom stereocenters. The first-order valence-corrected chi connectivity index (χ1v) is 10.8. The molecular formula is C23H21ClFN5O3. The second-order valence-electron chi connectivity index (χ2n) is 8.34. The van der Waals surface area contributed by atoms with Gasteiger partial charge in [-0.3, -0.25) is 10.1 Å². The fraction of sp³-hybridized carbons (Fsp3) is 0.261. The number of amides is 2. The summed E-state index contributed by atoms with van der Waals surface area (Å²) in [6, 6.07) is 12.4. The Morgan fingerprint density at radius 3 is 2.94 bits per heavy atom. The minimum absolute atomic E-state index is 0.00935. The Kier molecular flexibility index (Phi) is 5.01. The first-order chi connectivity index (χ1) is 15.8. The molecular weight excluding hydrogens is 449 g/mol. The highest BCUT2D eigenvalue weighted by atomic mass is 35.5. The molecule has 0 saturated carbocycles. The molecule has 1 spiro atoms. The van der Waals surface area contributed by atoms with Crippen molar-refractivity contribution < 1.29 is 18.7 Å². The van der Waals surface area contributed by atoms with Crippen LogP contribution in [0.3, 0.4) is 0 Å². The second kappa shape index (κ2) is 7.77. The van der Waals surface area contributed by atoms with Crippen LogP contribution in [0.2, 0.25) is 5.02 Å². The van der Waals surface area contributed by atoms with Gasteiger partial charge in [0.1, 0.15) is 12.4 Å². The van der Waals surface area contributed by atoms with Crippen molar-refractivity contribution in [3.05, 3.63) is 64.4 Å². The number of nitrogens with zero attached hydrogens (tertiary/aromatic N) is 3. The number of carbonyl (C=O) groups excluding carboxylic acids is 2. The van der Waals surface area contributed by atoms with Crippen LogP contribution in [-0.4, -0.2) is 39.8 Å². The smallest absolute Gasteiger partial charge is 0.412 e. The second-order valence-corrected chi connectivity index (χ2v) is 8.75. The topological polar surface area (TPSA) is 102 Å². The van der Waals surface area contributed by atoms with Crippen LogP contribution in [0.15, 0.2) is 42.5 Å². The van der Waals surface area contributed by atoms with Gasteiger partial charge >= 0.3 is 6.09 Å². The van der Waals surface area contributed by atoms with Crippen LogP contribution in [0.1, 0.15) is 17.5 Å². The maximum atomic E-state index is 14.9. The molecule has 1 atom stereocenters. The van der Waals surface area contributed by atoms with Gasteiger partial charge in [0.25, 0.3) is 0 Å². The zero-order valence-electron chi connectivity index (χ0n) is 17.8. The summed E-state index contributed by atoms with van der Waals surface area (Å²) < 4.78 is 21.9. The van der Waals surface area contributed by atoms with Gasteiger partial charge in [-0.2, -0.15) is 5.10 Å². The van der Waals surface area contributed by atoms with Gasteiger partial charge in [0.05, 0.1) is 28.5 Å². The van der Waals surface area contributed by atoms with Gasteiger partial charge in [0.15, 0.2) is 11.4 Å². The third-order valence-corrected chi connectivity index (χ3v) is 6.36. The summed E-state index contributed by atoms with van der Waals surface area (Å²) in [6.45, 7) is 2.18. The number of carbonyl (C=O) groups is 2. The van der Waals surface area contributed by atoms with Crippen LogP contribution in [0.5, 0.6) is 0 Å². The van der Waals surface area contributed by atoms with E-state index < -0.39 is 17.5 Å². The molecule has 5 rings (SSSR count). The number of likely N-dealkylation sites (tertiary alicyclic amines) is 1. The highest BCUT2D eigenvalue weighted by molar-refractivity contribution is 6.31. The van der Waals surface area contributed by atoms with Gasteiger partial charge in [-0.15, -0.1) is 0 Å². The number of nitrogens with one attached hydrogen (secondary N) is 1. The summed E-state index contributed by atoms with van der Waals surface area (Å²) >= 11 is 5.98. The van der Waals surface area contributed by atoms with Crippen molar-refractivity contribution in [2.75, 3.05) is 24.1 Å². The number of fused-ring (bicyclic) bond motifs is 2. The average Bonchev–Trinajstić information content (AvgIpc) is 3.35. The summed E-state index contributed by atoms with van der Waals surface area (Å²) in [5.41, 5.74) is 7.91. The maximum absolute atomic E-state index is 14.9. The zero-order valence-corrected chi connectivity index (χ0v) is 18.5. The lowest BCUT2D eigenvalue weighted by Crippen LogP contribution is -2.44. The lowest BCUT2D eigenvalue weighted by atomic mass is 9.89. The van der Waals surface area contributed by atoms with E-state index in [0.29, 0.717) is 17.2 Å². The summed E-state index contributed by atoms with van der Waals surface area (Å²) in [4.78, 5) is 26.7. The molecule has 170 valence electrons. The monoisotopic (exact) mass is 469 g/mol. The molecule has 0 radical (unpaired) electrons. The normalized spacial score (nSPS) is 19.4. The van der Waals surface area contributed by atoms with Crippen LogP contribution >= 0.6 is 11.6 Å². The number of ether oxygens (including phenoxy) is 1. The third kappa shape index (κ3) is 3.68. The van der Waals surface area contributed by atoms with Gasteiger partial charge in [-0.1, -0.05) is 35.4 Å². The van der Waals surface area contributed by atoms with Gasteiger partial charge < -0.3 is 15.4 Å². The average molecular weight is 470 g/mol. The Morgan fingerprint density at radius 1 is 1.33 bits per heavy atom. The Hall–Kier alpha value is -3.59. The molecule has 2 aromatic carbocycles. The van der Waals surface area contributed by atoms with Crippen molar-refractivity contribution in [1.82, 2.24) is 14.7 Å². The molecule has 3 aromatic rings. The number of rotatable bonds is 3. The SMILES string of the molecule is Cc1cccc(-c2cc(N)n(CC(=O)N3CC[C@@]4(C3)OC(=O)Nc3ccc(Cl)c(F)c34)n2)c1. The van der Waals surface area contributed by atoms with E-state index in [4.69, 9.17) is 22.1 Å². The zero-order chi connectivity index (χ0) is 23.3. The predicted molar refractivity (Wildman–Crippen MR) is 121 cm³/mol. The van der Waals surface area contributed by atoms with E-state index in [-0.39, 0.29) is 42.5 Å². The molecule has 2 aliphatic heterocycles. The molecule has 2 aliphatic rings. The Bertz CT molecular complexity index is 1290. The fourth-order valence-corrected chi connectivity index (χ4v) is 4.64. The number of aryl methyl sites for hydroxylation is 1. The molecule has 33 heavy (non-hydrogen) atoms. The van der Waals surface area contributed by atoms with Gasteiger partial charge in [-0.05, 0) is 25.1 Å². The fourth-order valence-electron chi connectivity index (χ4n) is 4.48. The Labute approximate surface area is 194 Å². The van der Waals surface area contributed by atoms with Crippen molar-refractivity contribution in [3.63, 3.8) is 0 Å². The number of nitrogen functional groups attached to an aromatic ring is 1. The van der Waals surface area contributed by atoms with E-state index in [1.165, 1.54) is 21.7 Å². The first kappa shape index (κ1) is 21.3. The number of halogens is 2. The number of anilines is 2. The van der Waals surface area contributed by atoms with Crippen LogP contribution in [0.4, 0.5) is 20.7 Å². The molecule has 0 aliphatic carbocycles. The number of hydrogen-bond donors (Lipinski definition) is 2. The van der Waals surface area contributed by atoms with Crippen molar-refractivity contribution in [1.29, 1.82) is 0 Å². The molecule has 0 bridgehead atoms. The molecule has 3 N–H and O–H groups in total. The van der Waals surface area contributed by atoms with Crippen molar-refractivity contribution in [2.24, 2.45) is 0 Å². The minimum atomic E-state index is -1.30. The molecule has 1 fully saturated rings. The Balaban J connectivity index is 1.38. The van der Waals surface area contributed by atoms with Crippen LogP contribution in [0, 0.1) is 12.7 Å². The molecule has 1 saturated heterocycles. The number of hydrogen-bond acceptors (Lipinski definition) is 5. The standard InChI is InChI=1S/C23H21ClFN5O3/c1-13-3-2-4-14(9-13)17-10-18(26)30(28-17)11-19(31)29-8-7-23(12-29)20-16(27-22(32)33-23)6-5-15(24)21(20)25/h2-6,9-10H,7-8,11-12,26H2,1H3,(H,27,32)/t23-/m0/s1. The first-order valence-electron chi connectivity index (χ1n) is 10.4. The number of aromatic nitrogens is 2. The van der Waals surface area contributed by atoms with E-state index in [1.54, 1.807) is 6.07 Å². The summed E-state index contributed by atoms with van der Waals surface area (Å²) in [7, 11) is 0. The lowest BCUT2D eigenvalue weighted by molar-refractivity contribution is -0.132. The van der Waals surface area contributed by atoms with Crippen LogP contribution < -0.4 is 11.1 Å². The van der Waals surface area contributed by atoms with Crippen molar-refractivity contribution in [3.8, 4) is 11.3 Å². The lowest BCUT2D eigenvalue weighted by Gasteiger charge is -2.35. The highest BCUT2D eigenvalue weighted by Gasteiger charge is 2.50. The highest BCUT2D eigenvalue weighted by Crippen LogP contribution is 2.45. The van der Waals surface area contributed by atoms with Crippen molar-refractivity contribution in [2.45, 2.75) is 25.5 Å². The van der Waals surface area contributed by atoms with Gasteiger partial charge in [0, 0.05) is 24.6 Å². The maximum Gasteiger partial charge on any atom is 0.412 e. The van der Waals surface area contributed by atoms with E-state index >= 15 is 0 Å². The molecule has 1 aromatic heterocycles. The van der Waals surface area contributed by atoms with Crippen molar-refractivity contribution >= 4 is 35.1 Å². The van der Waals surface area contributed by atoms with Gasteiger partial charge in [-0.25, -0.2) is 13.9 Å². The Morgan fingerprint density at radius 2 is 2.15 bits per heavy atom. The summed E-state index contributed by atoms with van der Waals surface area (Å²) in [6.07, 6.45) is -0.447. The third-order valence-electron chi connectivity index (χ3n) is 6.07. The molecule has 8 nitrogen and oxygen atoms in total. The predicted octanol–water partition coefficient (Wildman–Crippen LogP) is 3.92. The van der Waals surface area contributed by atoms with E-state index in [0.717, 1.165) is 11.1 Å². The quantitative estimate of drug-likeness (QED) is 0.605. The van der Waals surface area contributed by atoms with Crippen LogP contribution in [0.25, 0.3) is 11.3 Å². The van der Waals surface area contributed by atoms with Crippen LogP contribution in [-0.2, 0) is 21.7 Å². The summed E-state index contributed by atoms with van der Waals surface area (Å²) in [5, 5.41) is 6.90. The van der Waals surface area contributed by atoms with E-state index in [2.05, 4.69) is 10.4 Å². The summed E-state index contributed by atoms with van der Waals surface area (Å²) in [5.74, 6) is -0.580. The minimum Gasteiger partial charge on any atom is -0.436 e. The van der Waals surface area contributed by atoms with E-state index in [1.807, 2.05) is 31.2 Å². The molecule has 3 heterocycles. The largest absolute Gasteiger partial charge is 0.436 e. The van der Waals surface area contributed by atoms with Gasteiger partial charge in [0.2, 0.25) is 5.91 Å². The van der Waals surface area contributed by atoms with E-state index in [9.17, 15) is 14.0 Å². The number of nitrogens with two attached hydrogens (primary N) is 1. The molecule has 2 amide bonds. The number of benzene rings is 2. The molecule has 10 heteroatoms.